The van der Waals surface area contributed by atoms with E-state index in [1.807, 2.05) is 0 Å². The zero-order chi connectivity index (χ0) is 22.3. The summed E-state index contributed by atoms with van der Waals surface area (Å²) >= 11 is 0. The van der Waals surface area contributed by atoms with Crippen LogP contribution >= 0.6 is 0 Å². The minimum Gasteiger partial charge on any atom is -0.481 e. The SMILES string of the molecule is Cc1ccc(S(=O)(=O)c2nonc2OCCCC(=O)N[C@@H](CC(=O)O)C(=O)O)cc1. The number of nitrogens with one attached hydrogen (secondary N) is 1. The van der Waals surface area contributed by atoms with E-state index in [1.54, 1.807) is 19.1 Å². The minimum absolute atomic E-state index is 0.0221. The lowest BCUT2D eigenvalue weighted by molar-refractivity contribution is -0.147. The second-order valence-electron chi connectivity index (χ2n) is 6.20. The molecule has 162 valence electrons. The van der Waals surface area contributed by atoms with Crippen LogP contribution < -0.4 is 10.1 Å². The third-order valence-electron chi connectivity index (χ3n) is 3.82. The molecule has 3 N–H and O–H groups in total. The largest absolute Gasteiger partial charge is 0.481 e. The summed E-state index contributed by atoms with van der Waals surface area (Å²) in [6, 6.07) is 4.50. The van der Waals surface area contributed by atoms with Gasteiger partial charge >= 0.3 is 11.9 Å². The van der Waals surface area contributed by atoms with Crippen LogP contribution in [0.1, 0.15) is 24.8 Å². The van der Waals surface area contributed by atoms with E-state index >= 15 is 0 Å². The number of nitrogens with zero attached hydrogens (tertiary/aromatic N) is 2. The number of aromatic nitrogens is 2. The molecule has 2 aromatic rings. The van der Waals surface area contributed by atoms with Crippen LogP contribution in [0.15, 0.2) is 38.8 Å². The van der Waals surface area contributed by atoms with Gasteiger partial charge in [-0.15, -0.1) is 0 Å². The Kier molecular flexibility index (Phi) is 7.47. The molecule has 1 aromatic carbocycles. The van der Waals surface area contributed by atoms with E-state index in [9.17, 15) is 22.8 Å². The van der Waals surface area contributed by atoms with Gasteiger partial charge in [0.25, 0.3) is 10.9 Å². The lowest BCUT2D eigenvalue weighted by atomic mass is 10.2. The third kappa shape index (κ3) is 6.01. The van der Waals surface area contributed by atoms with Crippen LogP contribution in [0.4, 0.5) is 0 Å². The summed E-state index contributed by atoms with van der Waals surface area (Å²) in [6.07, 6.45) is -0.876. The van der Waals surface area contributed by atoms with Crippen LogP contribution in [0, 0.1) is 6.92 Å². The smallest absolute Gasteiger partial charge is 0.326 e. The molecule has 1 heterocycles. The number of aliphatic carboxylic acids is 2. The first-order valence-corrected chi connectivity index (χ1v) is 10.1. The topological polar surface area (TPSA) is 186 Å². The molecule has 1 amide bonds. The summed E-state index contributed by atoms with van der Waals surface area (Å²) in [5.41, 5.74) is 0.871. The van der Waals surface area contributed by atoms with Gasteiger partial charge in [-0.3, -0.25) is 9.59 Å². The molecule has 0 unspecified atom stereocenters. The molecular formula is C17H19N3O9S. The van der Waals surface area contributed by atoms with Crippen molar-refractivity contribution in [2.24, 2.45) is 0 Å². The molecule has 13 heteroatoms. The van der Waals surface area contributed by atoms with E-state index < -0.39 is 45.2 Å². The molecule has 0 aliphatic rings. The Labute approximate surface area is 170 Å². The van der Waals surface area contributed by atoms with Crippen LogP contribution in [0.25, 0.3) is 0 Å². The summed E-state index contributed by atoms with van der Waals surface area (Å²) < 4.78 is 35.0. The fourth-order valence-electron chi connectivity index (χ4n) is 2.30. The van der Waals surface area contributed by atoms with Gasteiger partial charge in [0.05, 0.1) is 17.9 Å². The molecule has 0 fully saturated rings. The predicted molar refractivity (Wildman–Crippen MR) is 97.5 cm³/mol. The third-order valence-corrected chi connectivity index (χ3v) is 5.47. The van der Waals surface area contributed by atoms with Gasteiger partial charge in [0, 0.05) is 6.42 Å². The summed E-state index contributed by atoms with van der Waals surface area (Å²) in [4.78, 5) is 33.3. The average Bonchev–Trinajstić information content (AvgIpc) is 3.14. The van der Waals surface area contributed by atoms with Crippen molar-refractivity contribution >= 4 is 27.7 Å². The van der Waals surface area contributed by atoms with Gasteiger partial charge in [-0.1, -0.05) is 17.7 Å². The number of hydrogen-bond acceptors (Lipinski definition) is 9. The van der Waals surface area contributed by atoms with E-state index in [0.717, 1.165) is 5.56 Å². The zero-order valence-electron chi connectivity index (χ0n) is 15.8. The normalized spacial score (nSPS) is 12.2. The molecule has 1 atom stereocenters. The number of amides is 1. The maximum Gasteiger partial charge on any atom is 0.326 e. The Balaban J connectivity index is 1.92. The molecule has 0 bridgehead atoms. The highest BCUT2D eigenvalue weighted by molar-refractivity contribution is 7.91. The molecular weight excluding hydrogens is 422 g/mol. The fraction of sp³-hybridized carbons (Fsp3) is 0.353. The van der Waals surface area contributed by atoms with E-state index in [1.165, 1.54) is 12.1 Å². The molecule has 0 saturated carbocycles. The molecule has 2 rings (SSSR count). The number of hydrogen-bond donors (Lipinski definition) is 3. The maximum atomic E-state index is 12.6. The number of carbonyl (C=O) groups is 3. The first-order chi connectivity index (χ1) is 14.1. The quantitative estimate of drug-likeness (QED) is 0.410. The van der Waals surface area contributed by atoms with Gasteiger partial charge in [-0.25, -0.2) is 17.8 Å². The summed E-state index contributed by atoms with van der Waals surface area (Å²) in [5, 5.41) is 25.9. The second-order valence-corrected chi connectivity index (χ2v) is 8.06. The van der Waals surface area contributed by atoms with Crippen molar-refractivity contribution in [3.05, 3.63) is 29.8 Å². The number of aryl methyl sites for hydroxylation is 1. The Morgan fingerprint density at radius 2 is 1.83 bits per heavy atom. The molecule has 0 spiro atoms. The zero-order valence-corrected chi connectivity index (χ0v) is 16.6. The highest BCUT2D eigenvalue weighted by atomic mass is 32.2. The van der Waals surface area contributed by atoms with Crippen molar-refractivity contribution in [2.45, 2.75) is 42.1 Å². The minimum atomic E-state index is -4.03. The van der Waals surface area contributed by atoms with Crippen LogP contribution in [-0.4, -0.2) is 59.4 Å². The van der Waals surface area contributed by atoms with Crippen LogP contribution in [0.5, 0.6) is 5.88 Å². The number of sulfone groups is 1. The standard InChI is InChI=1S/C17H19N3O9S/c1-10-4-6-11(7-5-10)30(26,27)16-15(19-29-20-16)28-8-2-3-13(21)18-12(17(24)25)9-14(22)23/h4-7,12H,2-3,8-9H2,1H3,(H,18,21)(H,22,23)(H,24,25)/t12-/m0/s1. The Morgan fingerprint density at radius 1 is 1.17 bits per heavy atom. The van der Waals surface area contributed by atoms with E-state index in [4.69, 9.17) is 14.9 Å². The molecule has 0 radical (unpaired) electrons. The number of rotatable bonds is 11. The van der Waals surface area contributed by atoms with Crippen molar-refractivity contribution in [3.8, 4) is 5.88 Å². The van der Waals surface area contributed by atoms with Crippen LogP contribution in [-0.2, 0) is 24.2 Å². The average molecular weight is 441 g/mol. The monoisotopic (exact) mass is 441 g/mol. The summed E-state index contributed by atoms with van der Waals surface area (Å²) in [7, 11) is -4.03. The lowest BCUT2D eigenvalue weighted by Crippen LogP contribution is -2.42. The van der Waals surface area contributed by atoms with Crippen LogP contribution in [0.2, 0.25) is 0 Å². The molecule has 30 heavy (non-hydrogen) atoms. The van der Waals surface area contributed by atoms with E-state index in [0.29, 0.717) is 0 Å². The van der Waals surface area contributed by atoms with Gasteiger partial charge in [-0.05, 0) is 35.8 Å². The Morgan fingerprint density at radius 3 is 2.43 bits per heavy atom. The van der Waals surface area contributed by atoms with Gasteiger partial charge in [0.1, 0.15) is 6.04 Å². The number of ether oxygens (including phenoxy) is 1. The van der Waals surface area contributed by atoms with Crippen molar-refractivity contribution in [1.29, 1.82) is 0 Å². The summed E-state index contributed by atoms with van der Waals surface area (Å²) in [6.45, 7) is 1.66. The predicted octanol–water partition coefficient (Wildman–Crippen LogP) is 0.414. The van der Waals surface area contributed by atoms with E-state index in [2.05, 4.69) is 20.3 Å². The van der Waals surface area contributed by atoms with Crippen molar-refractivity contribution in [2.75, 3.05) is 6.61 Å². The van der Waals surface area contributed by atoms with E-state index in [-0.39, 0.29) is 30.2 Å². The number of carboxylic acid groups (broad SMARTS) is 2. The Hall–Kier alpha value is -3.48. The second kappa shape index (κ2) is 9.82. The molecule has 0 saturated heterocycles. The van der Waals surface area contributed by atoms with Crippen LogP contribution in [0.3, 0.4) is 0 Å². The lowest BCUT2D eigenvalue weighted by Gasteiger charge is -2.12. The molecule has 1 aromatic heterocycles. The maximum absolute atomic E-state index is 12.6. The fourth-order valence-corrected chi connectivity index (χ4v) is 3.47. The van der Waals surface area contributed by atoms with Gasteiger partial charge in [0.2, 0.25) is 15.7 Å². The number of carboxylic acids is 2. The van der Waals surface area contributed by atoms with Crippen molar-refractivity contribution < 1.29 is 42.4 Å². The van der Waals surface area contributed by atoms with Gasteiger partial charge in [-0.2, -0.15) is 0 Å². The van der Waals surface area contributed by atoms with Crippen molar-refractivity contribution in [1.82, 2.24) is 15.6 Å². The van der Waals surface area contributed by atoms with Gasteiger partial charge < -0.3 is 20.3 Å². The number of carbonyl (C=O) groups excluding carboxylic acids is 1. The number of benzene rings is 1. The first kappa shape index (κ1) is 22.8. The highest BCUT2D eigenvalue weighted by Crippen LogP contribution is 2.26. The molecule has 12 nitrogen and oxygen atoms in total. The first-order valence-electron chi connectivity index (χ1n) is 8.62. The highest BCUT2D eigenvalue weighted by Gasteiger charge is 2.28. The van der Waals surface area contributed by atoms with Gasteiger partial charge in [0.15, 0.2) is 0 Å². The Bertz CT molecular complexity index is 1020. The molecule has 0 aliphatic carbocycles. The summed E-state index contributed by atoms with van der Waals surface area (Å²) in [5.74, 6) is -3.91. The molecule has 0 aliphatic heterocycles. The van der Waals surface area contributed by atoms with Crippen molar-refractivity contribution in [3.63, 3.8) is 0 Å².